The van der Waals surface area contributed by atoms with Crippen LogP contribution in [0.1, 0.15) is 26.2 Å². The Bertz CT molecular complexity index is 239. The molecule has 0 bridgehead atoms. The summed E-state index contributed by atoms with van der Waals surface area (Å²) in [5.74, 6) is -0.108. The molecule has 1 heterocycles. The Labute approximate surface area is 90.6 Å². The van der Waals surface area contributed by atoms with E-state index >= 15 is 0 Å². The summed E-state index contributed by atoms with van der Waals surface area (Å²) >= 11 is 0. The normalized spacial score (nSPS) is 32.9. The molecule has 0 aromatic carbocycles. The highest BCUT2D eigenvalue weighted by atomic mass is 16.4. The highest BCUT2D eigenvalue weighted by molar-refractivity contribution is 5.69. The van der Waals surface area contributed by atoms with Gasteiger partial charge in [0.25, 0.3) is 0 Å². The van der Waals surface area contributed by atoms with Crippen molar-refractivity contribution in [2.75, 3.05) is 19.6 Å². The zero-order valence-electron chi connectivity index (χ0n) is 9.28. The first-order valence-corrected chi connectivity index (χ1v) is 5.83. The smallest absolute Gasteiger partial charge is 0.317 e. The molecule has 2 N–H and O–H groups in total. The molecule has 0 spiro atoms. The molecule has 1 aliphatic carbocycles. The minimum atomic E-state index is -0.714. The van der Waals surface area contributed by atoms with Gasteiger partial charge in [0, 0.05) is 25.2 Å². The van der Waals surface area contributed by atoms with E-state index in [2.05, 4.69) is 17.1 Å². The van der Waals surface area contributed by atoms with E-state index in [4.69, 9.17) is 5.11 Å². The van der Waals surface area contributed by atoms with Gasteiger partial charge in [-0.1, -0.05) is 6.92 Å². The summed E-state index contributed by atoms with van der Waals surface area (Å²) in [6.07, 6.45) is 3.78. The number of piperidine rings is 1. The fourth-order valence-corrected chi connectivity index (χ4v) is 2.49. The predicted molar refractivity (Wildman–Crippen MR) is 57.8 cm³/mol. The van der Waals surface area contributed by atoms with Gasteiger partial charge in [0.1, 0.15) is 0 Å². The molecular formula is C11H20N2O2. The first kappa shape index (κ1) is 10.9. The third kappa shape index (κ3) is 3.47. The van der Waals surface area contributed by atoms with Crippen molar-refractivity contribution in [1.29, 1.82) is 0 Å². The van der Waals surface area contributed by atoms with E-state index in [0.717, 1.165) is 13.1 Å². The summed E-state index contributed by atoms with van der Waals surface area (Å²) in [5.41, 5.74) is 0. The Morgan fingerprint density at radius 3 is 2.73 bits per heavy atom. The van der Waals surface area contributed by atoms with Gasteiger partial charge in [0.05, 0.1) is 6.54 Å². The van der Waals surface area contributed by atoms with Crippen LogP contribution < -0.4 is 5.32 Å². The van der Waals surface area contributed by atoms with Gasteiger partial charge in [-0.25, -0.2) is 0 Å². The molecule has 0 radical (unpaired) electrons. The molecule has 4 nitrogen and oxygen atoms in total. The minimum Gasteiger partial charge on any atom is -0.480 e. The second-order valence-corrected chi connectivity index (χ2v) is 5.07. The summed E-state index contributed by atoms with van der Waals surface area (Å²) in [6, 6.07) is 1.22. The fraction of sp³-hybridized carbons (Fsp3) is 0.909. The maximum absolute atomic E-state index is 10.7. The quantitative estimate of drug-likeness (QED) is 0.714. The SMILES string of the molecule is CC1CC(NC2CC2)CN(CC(=O)O)C1. The number of hydrogen-bond acceptors (Lipinski definition) is 3. The first-order chi connectivity index (χ1) is 7.13. The van der Waals surface area contributed by atoms with Crippen molar-refractivity contribution in [1.82, 2.24) is 10.2 Å². The molecule has 86 valence electrons. The zero-order valence-corrected chi connectivity index (χ0v) is 9.28. The molecule has 15 heavy (non-hydrogen) atoms. The largest absolute Gasteiger partial charge is 0.480 e. The Balaban J connectivity index is 1.82. The number of carbonyl (C=O) groups is 1. The lowest BCUT2D eigenvalue weighted by Crippen LogP contribution is -2.50. The van der Waals surface area contributed by atoms with Crippen LogP contribution >= 0.6 is 0 Å². The van der Waals surface area contributed by atoms with Gasteiger partial charge in [0.15, 0.2) is 0 Å². The second kappa shape index (κ2) is 4.49. The summed E-state index contributed by atoms with van der Waals surface area (Å²) in [5, 5.41) is 12.4. The first-order valence-electron chi connectivity index (χ1n) is 5.83. The fourth-order valence-electron chi connectivity index (χ4n) is 2.49. The maximum Gasteiger partial charge on any atom is 0.317 e. The second-order valence-electron chi connectivity index (χ2n) is 5.07. The van der Waals surface area contributed by atoms with Crippen molar-refractivity contribution in [3.05, 3.63) is 0 Å². The van der Waals surface area contributed by atoms with Gasteiger partial charge in [-0.05, 0) is 25.2 Å². The van der Waals surface area contributed by atoms with Gasteiger partial charge >= 0.3 is 5.97 Å². The molecule has 2 rings (SSSR count). The average molecular weight is 212 g/mol. The van der Waals surface area contributed by atoms with Gasteiger partial charge < -0.3 is 10.4 Å². The molecule has 1 saturated carbocycles. The van der Waals surface area contributed by atoms with Gasteiger partial charge in [-0.15, -0.1) is 0 Å². The number of aliphatic carboxylic acids is 1. The van der Waals surface area contributed by atoms with Crippen molar-refractivity contribution in [2.24, 2.45) is 5.92 Å². The van der Waals surface area contributed by atoms with E-state index in [0.29, 0.717) is 18.0 Å². The summed E-state index contributed by atoms with van der Waals surface area (Å²) in [4.78, 5) is 12.7. The lowest BCUT2D eigenvalue weighted by molar-refractivity contribution is -0.138. The number of carboxylic acid groups (broad SMARTS) is 1. The van der Waals surface area contributed by atoms with Crippen LogP contribution in [-0.2, 0) is 4.79 Å². The van der Waals surface area contributed by atoms with E-state index < -0.39 is 5.97 Å². The topological polar surface area (TPSA) is 52.6 Å². The number of nitrogens with one attached hydrogen (secondary N) is 1. The van der Waals surface area contributed by atoms with Crippen molar-refractivity contribution >= 4 is 5.97 Å². The minimum absolute atomic E-state index is 0.188. The highest BCUT2D eigenvalue weighted by Gasteiger charge is 2.30. The van der Waals surface area contributed by atoms with Crippen LogP contribution in [0.5, 0.6) is 0 Å². The van der Waals surface area contributed by atoms with Gasteiger partial charge in [-0.3, -0.25) is 9.69 Å². The average Bonchev–Trinajstić information content (AvgIpc) is 2.85. The van der Waals surface area contributed by atoms with Crippen LogP contribution in [0.3, 0.4) is 0 Å². The molecule has 1 aliphatic heterocycles. The molecule has 2 unspecified atom stereocenters. The van der Waals surface area contributed by atoms with Crippen molar-refractivity contribution in [3.63, 3.8) is 0 Å². The van der Waals surface area contributed by atoms with Crippen LogP contribution in [0, 0.1) is 5.92 Å². The molecule has 2 atom stereocenters. The van der Waals surface area contributed by atoms with Crippen molar-refractivity contribution in [2.45, 2.75) is 38.3 Å². The third-order valence-electron chi connectivity index (χ3n) is 3.14. The number of carboxylic acids is 1. The number of likely N-dealkylation sites (tertiary alicyclic amines) is 1. The Morgan fingerprint density at radius 1 is 1.40 bits per heavy atom. The Hall–Kier alpha value is -0.610. The molecular weight excluding hydrogens is 192 g/mol. The molecule has 2 fully saturated rings. The molecule has 2 aliphatic rings. The predicted octanol–water partition coefficient (Wildman–Crippen LogP) is 0.533. The highest BCUT2D eigenvalue weighted by Crippen LogP contribution is 2.23. The van der Waals surface area contributed by atoms with E-state index in [1.54, 1.807) is 0 Å². The summed E-state index contributed by atoms with van der Waals surface area (Å²) in [7, 11) is 0. The van der Waals surface area contributed by atoms with Crippen molar-refractivity contribution < 1.29 is 9.90 Å². The Kier molecular flexibility index (Phi) is 3.26. The van der Waals surface area contributed by atoms with Crippen LogP contribution in [0.4, 0.5) is 0 Å². The van der Waals surface area contributed by atoms with E-state index in [9.17, 15) is 4.79 Å². The van der Waals surface area contributed by atoms with E-state index in [-0.39, 0.29) is 6.54 Å². The molecule has 1 saturated heterocycles. The lowest BCUT2D eigenvalue weighted by atomic mass is 9.96. The van der Waals surface area contributed by atoms with Crippen LogP contribution in [0.25, 0.3) is 0 Å². The monoisotopic (exact) mass is 212 g/mol. The molecule has 0 aromatic heterocycles. The van der Waals surface area contributed by atoms with Gasteiger partial charge in [0.2, 0.25) is 0 Å². The van der Waals surface area contributed by atoms with Gasteiger partial charge in [-0.2, -0.15) is 0 Å². The van der Waals surface area contributed by atoms with Crippen LogP contribution in [0.2, 0.25) is 0 Å². The Morgan fingerprint density at radius 2 is 2.13 bits per heavy atom. The maximum atomic E-state index is 10.7. The molecule has 4 heteroatoms. The standard InChI is InChI=1S/C11H20N2O2/c1-8-4-10(12-9-2-3-9)6-13(5-8)7-11(14)15/h8-10,12H,2-7H2,1H3,(H,14,15). The number of nitrogens with zero attached hydrogens (tertiary/aromatic N) is 1. The summed E-state index contributed by atoms with van der Waals surface area (Å²) in [6.45, 7) is 4.21. The summed E-state index contributed by atoms with van der Waals surface area (Å²) < 4.78 is 0. The van der Waals surface area contributed by atoms with Crippen molar-refractivity contribution in [3.8, 4) is 0 Å². The lowest BCUT2D eigenvalue weighted by Gasteiger charge is -2.36. The number of hydrogen-bond donors (Lipinski definition) is 2. The van der Waals surface area contributed by atoms with Crippen LogP contribution in [-0.4, -0.2) is 47.7 Å². The number of rotatable bonds is 4. The van der Waals surface area contributed by atoms with Crippen LogP contribution in [0.15, 0.2) is 0 Å². The van der Waals surface area contributed by atoms with E-state index in [1.807, 2.05) is 0 Å². The third-order valence-corrected chi connectivity index (χ3v) is 3.14. The van der Waals surface area contributed by atoms with E-state index in [1.165, 1.54) is 19.3 Å². The molecule has 0 aromatic rings. The molecule has 0 amide bonds. The zero-order chi connectivity index (χ0) is 10.8.